The third-order valence-electron chi connectivity index (χ3n) is 4.98. The van der Waals surface area contributed by atoms with Crippen LogP contribution < -0.4 is 10.9 Å². The number of nitrogens with one attached hydrogen (secondary N) is 1. The van der Waals surface area contributed by atoms with Gasteiger partial charge in [0.1, 0.15) is 6.54 Å². The minimum absolute atomic E-state index is 0.216. The van der Waals surface area contributed by atoms with Gasteiger partial charge in [0.15, 0.2) is 0 Å². The normalized spacial score (nSPS) is 20.9. The summed E-state index contributed by atoms with van der Waals surface area (Å²) in [6.45, 7) is -0.216. The van der Waals surface area contributed by atoms with Gasteiger partial charge in [0.2, 0.25) is 5.91 Å². The molecule has 0 bridgehead atoms. The molecule has 1 aromatic heterocycles. The van der Waals surface area contributed by atoms with Crippen molar-refractivity contribution in [2.45, 2.75) is 51.1 Å². The summed E-state index contributed by atoms with van der Waals surface area (Å²) in [5.74, 6) is -1.84. The number of carboxylic acid groups (broad SMARTS) is 1. The molecule has 7 nitrogen and oxygen atoms in total. The Hall–Kier alpha value is -2.70. The van der Waals surface area contributed by atoms with Gasteiger partial charge >= 0.3 is 5.97 Å². The molecule has 1 fully saturated rings. The molecule has 0 aliphatic heterocycles. The summed E-state index contributed by atoms with van der Waals surface area (Å²) >= 11 is 0. The van der Waals surface area contributed by atoms with Gasteiger partial charge in [-0.25, -0.2) is 4.68 Å². The first-order valence-electron chi connectivity index (χ1n) is 9.03. The Bertz CT molecular complexity index is 861. The lowest BCUT2D eigenvalue weighted by atomic mass is 9.87. The second kappa shape index (κ2) is 8.12. The molecule has 3 rings (SSSR count). The zero-order valence-electron chi connectivity index (χ0n) is 14.6. The first kappa shape index (κ1) is 18.1. The third kappa shape index (κ3) is 4.09. The van der Waals surface area contributed by atoms with Crippen LogP contribution in [0, 0.1) is 5.92 Å². The number of aromatic nitrogens is 2. The van der Waals surface area contributed by atoms with Crippen molar-refractivity contribution in [3.8, 4) is 0 Å². The Labute approximate surface area is 151 Å². The standard InChI is InChI=1S/C19H23N3O4/c23-17(21-16-10-4-2-1-3-9-15(16)19(25)26)12-22-18(24)14-8-6-5-7-13(14)11-20-22/h5-8,11,15-16H,1-4,9-10,12H2,(H,21,23)(H,25,26). The molecule has 1 amide bonds. The summed E-state index contributed by atoms with van der Waals surface area (Å²) in [4.78, 5) is 36.4. The van der Waals surface area contributed by atoms with Crippen molar-refractivity contribution in [2.24, 2.45) is 5.92 Å². The predicted molar refractivity (Wildman–Crippen MR) is 96.8 cm³/mol. The molecule has 2 N–H and O–H groups in total. The summed E-state index contributed by atoms with van der Waals surface area (Å²) in [7, 11) is 0. The number of nitrogens with zero attached hydrogens (tertiary/aromatic N) is 2. The number of carbonyl (C=O) groups excluding carboxylic acids is 1. The highest BCUT2D eigenvalue weighted by Gasteiger charge is 2.30. The minimum atomic E-state index is -0.877. The Morgan fingerprint density at radius 3 is 2.65 bits per heavy atom. The fraction of sp³-hybridized carbons (Fsp3) is 0.474. The smallest absolute Gasteiger partial charge is 0.308 e. The lowest BCUT2D eigenvalue weighted by Crippen LogP contribution is -2.46. The molecular formula is C19H23N3O4. The highest BCUT2D eigenvalue weighted by molar-refractivity contribution is 5.81. The lowest BCUT2D eigenvalue weighted by Gasteiger charge is -2.27. The van der Waals surface area contributed by atoms with Gasteiger partial charge in [0, 0.05) is 11.4 Å². The number of hydrogen-bond donors (Lipinski definition) is 2. The van der Waals surface area contributed by atoms with E-state index in [4.69, 9.17) is 0 Å². The summed E-state index contributed by atoms with van der Waals surface area (Å²) in [5, 5.41) is 17.6. The van der Waals surface area contributed by atoms with Crippen LogP contribution in [0.25, 0.3) is 10.8 Å². The predicted octanol–water partition coefficient (Wildman–Crippen LogP) is 1.94. The van der Waals surface area contributed by atoms with Crippen molar-refractivity contribution in [3.63, 3.8) is 0 Å². The van der Waals surface area contributed by atoms with E-state index in [1.807, 2.05) is 6.07 Å². The molecular weight excluding hydrogens is 334 g/mol. The zero-order chi connectivity index (χ0) is 18.5. The van der Waals surface area contributed by atoms with Crippen LogP contribution in [0.5, 0.6) is 0 Å². The number of carbonyl (C=O) groups is 2. The topological polar surface area (TPSA) is 101 Å². The number of hydrogen-bond acceptors (Lipinski definition) is 4. The molecule has 0 radical (unpaired) electrons. The second-order valence-electron chi connectivity index (χ2n) is 6.80. The van der Waals surface area contributed by atoms with Crippen LogP contribution in [0.15, 0.2) is 35.3 Å². The Morgan fingerprint density at radius 2 is 1.88 bits per heavy atom. The van der Waals surface area contributed by atoms with Gasteiger partial charge in [0.25, 0.3) is 5.56 Å². The van der Waals surface area contributed by atoms with Crippen LogP contribution >= 0.6 is 0 Å². The molecule has 0 spiro atoms. The highest BCUT2D eigenvalue weighted by atomic mass is 16.4. The van der Waals surface area contributed by atoms with Crippen molar-refractivity contribution in [1.82, 2.24) is 15.1 Å². The van der Waals surface area contributed by atoms with Gasteiger partial charge in [0.05, 0.1) is 17.5 Å². The van der Waals surface area contributed by atoms with Crippen molar-refractivity contribution in [2.75, 3.05) is 0 Å². The fourth-order valence-corrected chi connectivity index (χ4v) is 3.58. The molecule has 7 heteroatoms. The summed E-state index contributed by atoms with van der Waals surface area (Å²) in [5.41, 5.74) is -0.328. The largest absolute Gasteiger partial charge is 0.481 e. The van der Waals surface area contributed by atoms with Crippen LogP contribution in [0.1, 0.15) is 38.5 Å². The van der Waals surface area contributed by atoms with Gasteiger partial charge in [-0.3, -0.25) is 14.4 Å². The number of aliphatic carboxylic acids is 1. The average Bonchev–Trinajstić information content (AvgIpc) is 2.60. The van der Waals surface area contributed by atoms with E-state index in [0.29, 0.717) is 18.2 Å². The number of fused-ring (bicyclic) bond motifs is 1. The van der Waals surface area contributed by atoms with Crippen molar-refractivity contribution >= 4 is 22.6 Å². The number of benzene rings is 1. The van der Waals surface area contributed by atoms with Crippen molar-refractivity contribution in [1.29, 1.82) is 0 Å². The van der Waals surface area contributed by atoms with Crippen LogP contribution in [0.4, 0.5) is 0 Å². The third-order valence-corrected chi connectivity index (χ3v) is 4.98. The molecule has 2 atom stereocenters. The van der Waals surface area contributed by atoms with E-state index < -0.39 is 17.9 Å². The molecule has 2 aromatic rings. The number of rotatable bonds is 4. The molecule has 26 heavy (non-hydrogen) atoms. The van der Waals surface area contributed by atoms with Gasteiger partial charge in [-0.2, -0.15) is 5.10 Å². The Balaban J connectivity index is 1.74. The SMILES string of the molecule is O=C(Cn1ncc2ccccc2c1=O)NC1CCCCCCC1C(=O)O. The van der Waals surface area contributed by atoms with E-state index in [1.165, 1.54) is 0 Å². The van der Waals surface area contributed by atoms with E-state index in [1.54, 1.807) is 24.4 Å². The van der Waals surface area contributed by atoms with E-state index in [0.717, 1.165) is 35.8 Å². The summed E-state index contributed by atoms with van der Waals surface area (Å²) < 4.78 is 1.12. The van der Waals surface area contributed by atoms with Crippen LogP contribution in [0.2, 0.25) is 0 Å². The molecule has 1 saturated carbocycles. The first-order chi connectivity index (χ1) is 12.6. The quantitative estimate of drug-likeness (QED) is 0.871. The molecule has 2 unspecified atom stereocenters. The van der Waals surface area contributed by atoms with Gasteiger partial charge in [-0.1, -0.05) is 43.9 Å². The highest BCUT2D eigenvalue weighted by Crippen LogP contribution is 2.23. The van der Waals surface area contributed by atoms with Crippen LogP contribution in [-0.4, -0.2) is 32.8 Å². The first-order valence-corrected chi connectivity index (χ1v) is 9.03. The molecule has 1 heterocycles. The monoisotopic (exact) mass is 357 g/mol. The number of amides is 1. The Kier molecular flexibility index (Phi) is 5.65. The van der Waals surface area contributed by atoms with Crippen molar-refractivity contribution in [3.05, 3.63) is 40.8 Å². The molecule has 0 saturated heterocycles. The fourth-order valence-electron chi connectivity index (χ4n) is 3.58. The lowest BCUT2D eigenvalue weighted by molar-refractivity contribution is -0.143. The van der Waals surface area contributed by atoms with Gasteiger partial charge < -0.3 is 10.4 Å². The maximum atomic E-state index is 12.5. The average molecular weight is 357 g/mol. The zero-order valence-corrected chi connectivity index (χ0v) is 14.6. The minimum Gasteiger partial charge on any atom is -0.481 e. The molecule has 138 valence electrons. The van der Waals surface area contributed by atoms with Gasteiger partial charge in [-0.15, -0.1) is 0 Å². The molecule has 1 aromatic carbocycles. The maximum absolute atomic E-state index is 12.5. The van der Waals surface area contributed by atoms with Gasteiger partial charge in [-0.05, 0) is 18.9 Å². The number of carboxylic acids is 1. The van der Waals surface area contributed by atoms with Crippen molar-refractivity contribution < 1.29 is 14.7 Å². The Morgan fingerprint density at radius 1 is 1.15 bits per heavy atom. The summed E-state index contributed by atoms with van der Waals surface area (Å²) in [6, 6.07) is 6.67. The molecule has 1 aliphatic carbocycles. The summed E-state index contributed by atoms with van der Waals surface area (Å²) in [6.07, 6.45) is 6.58. The van der Waals surface area contributed by atoms with E-state index in [9.17, 15) is 19.5 Å². The second-order valence-corrected chi connectivity index (χ2v) is 6.80. The molecule has 1 aliphatic rings. The van der Waals surface area contributed by atoms with Crippen LogP contribution in [0.3, 0.4) is 0 Å². The van der Waals surface area contributed by atoms with E-state index in [2.05, 4.69) is 10.4 Å². The maximum Gasteiger partial charge on any atom is 0.308 e. The van der Waals surface area contributed by atoms with E-state index in [-0.39, 0.29) is 18.0 Å². The van der Waals surface area contributed by atoms with E-state index >= 15 is 0 Å². The van der Waals surface area contributed by atoms with Crippen LogP contribution in [-0.2, 0) is 16.1 Å².